The summed E-state index contributed by atoms with van der Waals surface area (Å²) in [5, 5.41) is 15.0. The average Bonchev–Trinajstić information content (AvgIpc) is 3.38. The van der Waals surface area contributed by atoms with Crippen LogP contribution in [-0.2, 0) is 24.9 Å². The van der Waals surface area contributed by atoms with E-state index in [9.17, 15) is 4.79 Å². The van der Waals surface area contributed by atoms with E-state index in [0.717, 1.165) is 36.7 Å². The molecular weight excluding hydrogens is 382 g/mol. The number of guanidine groups is 1. The molecule has 3 rings (SSSR count). The first kappa shape index (κ1) is 21.8. The van der Waals surface area contributed by atoms with Crippen molar-refractivity contribution in [1.82, 2.24) is 30.3 Å². The van der Waals surface area contributed by atoms with Crippen molar-refractivity contribution >= 4 is 11.9 Å². The van der Waals surface area contributed by atoms with Gasteiger partial charge in [-0.05, 0) is 37.5 Å². The predicted molar refractivity (Wildman–Crippen MR) is 115 cm³/mol. The summed E-state index contributed by atoms with van der Waals surface area (Å²) in [4.78, 5) is 18.3. The molecule has 0 radical (unpaired) electrons. The van der Waals surface area contributed by atoms with Crippen molar-refractivity contribution in [1.29, 1.82) is 0 Å². The maximum atomic E-state index is 12.0. The molecule has 1 amide bonds. The Morgan fingerprint density at radius 1 is 1.27 bits per heavy atom. The number of rotatable bonds is 7. The van der Waals surface area contributed by atoms with Crippen molar-refractivity contribution in [2.75, 3.05) is 27.2 Å². The molecule has 2 heterocycles. The molecule has 1 aliphatic rings. The van der Waals surface area contributed by atoms with Crippen LogP contribution in [0, 0.1) is 6.92 Å². The Hall–Kier alpha value is -2.94. The van der Waals surface area contributed by atoms with Crippen LogP contribution in [0.4, 0.5) is 0 Å². The molecule has 1 unspecified atom stereocenters. The Kier molecular flexibility index (Phi) is 7.40. The lowest BCUT2D eigenvalue weighted by molar-refractivity contribution is 0.0827. The zero-order chi connectivity index (χ0) is 21.5. The van der Waals surface area contributed by atoms with Gasteiger partial charge in [-0.3, -0.25) is 4.79 Å². The second-order valence-electron chi connectivity index (χ2n) is 7.65. The number of ether oxygens (including phenoxy) is 1. The summed E-state index contributed by atoms with van der Waals surface area (Å²) < 4.78 is 7.65. The van der Waals surface area contributed by atoms with E-state index in [-0.39, 0.29) is 12.0 Å². The van der Waals surface area contributed by atoms with Gasteiger partial charge in [0.15, 0.2) is 11.8 Å². The minimum Gasteiger partial charge on any atom is -0.376 e. The molecule has 9 heteroatoms. The summed E-state index contributed by atoms with van der Waals surface area (Å²) in [7, 11) is 5.44. The molecule has 2 aromatic rings. The minimum absolute atomic E-state index is 0.00962. The molecule has 1 atom stereocenters. The van der Waals surface area contributed by atoms with Crippen LogP contribution in [0.1, 0.15) is 40.4 Å². The van der Waals surface area contributed by atoms with Gasteiger partial charge in [-0.15, -0.1) is 10.2 Å². The molecule has 1 aromatic carbocycles. The molecule has 2 N–H and O–H groups in total. The summed E-state index contributed by atoms with van der Waals surface area (Å²) >= 11 is 0. The second kappa shape index (κ2) is 10.2. The first-order chi connectivity index (χ1) is 14.4. The van der Waals surface area contributed by atoms with Crippen molar-refractivity contribution in [2.45, 2.75) is 39.0 Å². The molecule has 0 aliphatic carbocycles. The number of nitrogens with one attached hydrogen (secondary N) is 2. The first-order valence-electron chi connectivity index (χ1n) is 10.2. The van der Waals surface area contributed by atoms with Gasteiger partial charge in [0.25, 0.3) is 5.91 Å². The molecule has 1 aliphatic heterocycles. The summed E-state index contributed by atoms with van der Waals surface area (Å²) in [6, 6.07) is 7.54. The highest BCUT2D eigenvalue weighted by Gasteiger charge is 2.16. The average molecular weight is 414 g/mol. The van der Waals surface area contributed by atoms with E-state index in [1.807, 2.05) is 42.8 Å². The van der Waals surface area contributed by atoms with Gasteiger partial charge in [0, 0.05) is 39.9 Å². The normalized spacial score (nSPS) is 16.5. The van der Waals surface area contributed by atoms with Crippen LogP contribution in [0.3, 0.4) is 0 Å². The van der Waals surface area contributed by atoms with E-state index in [4.69, 9.17) is 9.73 Å². The molecule has 0 saturated carbocycles. The topological polar surface area (TPSA) is 96.7 Å². The summed E-state index contributed by atoms with van der Waals surface area (Å²) in [6.45, 7) is 4.47. The third-order valence-corrected chi connectivity index (χ3v) is 5.14. The lowest BCUT2D eigenvalue weighted by atomic mass is 10.1. The van der Waals surface area contributed by atoms with Crippen molar-refractivity contribution in [3.05, 3.63) is 47.0 Å². The molecule has 0 spiro atoms. The standard InChI is InChI=1S/C21H31N7O2/c1-15-25-26-19(28(15)4)14-24-21(23-13-18-6-5-11-30-18)22-12-16-7-9-17(10-8-16)20(29)27(2)3/h7-10,18H,5-6,11-14H2,1-4H3,(H2,22,23,24). The van der Waals surface area contributed by atoms with Crippen molar-refractivity contribution in [3.63, 3.8) is 0 Å². The van der Waals surface area contributed by atoms with Crippen molar-refractivity contribution < 1.29 is 9.53 Å². The fourth-order valence-corrected chi connectivity index (χ4v) is 3.14. The number of amides is 1. The van der Waals surface area contributed by atoms with Crippen LogP contribution >= 0.6 is 0 Å². The zero-order valence-electron chi connectivity index (χ0n) is 18.2. The molecule has 0 bridgehead atoms. The van der Waals surface area contributed by atoms with E-state index >= 15 is 0 Å². The molecule has 1 saturated heterocycles. The third kappa shape index (κ3) is 5.79. The quantitative estimate of drug-likeness (QED) is 0.524. The largest absolute Gasteiger partial charge is 0.376 e. The predicted octanol–water partition coefficient (Wildman–Crippen LogP) is 1.24. The Bertz CT molecular complexity index is 868. The van der Waals surface area contributed by atoms with Gasteiger partial charge in [-0.2, -0.15) is 0 Å². The van der Waals surface area contributed by atoms with Crippen LogP contribution in [-0.4, -0.2) is 64.9 Å². The minimum atomic E-state index is -0.00962. The molecule has 162 valence electrons. The van der Waals surface area contributed by atoms with Crippen LogP contribution < -0.4 is 10.6 Å². The van der Waals surface area contributed by atoms with Gasteiger partial charge >= 0.3 is 0 Å². The maximum Gasteiger partial charge on any atom is 0.253 e. The van der Waals surface area contributed by atoms with Gasteiger partial charge in [0.1, 0.15) is 5.82 Å². The lowest BCUT2D eigenvalue weighted by Gasteiger charge is -2.15. The summed E-state index contributed by atoms with van der Waals surface area (Å²) in [6.07, 6.45) is 2.37. The number of aryl methyl sites for hydroxylation is 1. The fraction of sp³-hybridized carbons (Fsp3) is 0.524. The van der Waals surface area contributed by atoms with Gasteiger partial charge in [-0.25, -0.2) is 4.99 Å². The van der Waals surface area contributed by atoms with E-state index in [1.54, 1.807) is 19.0 Å². The van der Waals surface area contributed by atoms with E-state index < -0.39 is 0 Å². The van der Waals surface area contributed by atoms with E-state index in [1.165, 1.54) is 0 Å². The molecule has 1 aromatic heterocycles. The third-order valence-electron chi connectivity index (χ3n) is 5.14. The number of aliphatic imine (C=N–C) groups is 1. The van der Waals surface area contributed by atoms with Gasteiger partial charge in [0.2, 0.25) is 0 Å². The number of nitrogens with zero attached hydrogens (tertiary/aromatic N) is 5. The van der Waals surface area contributed by atoms with E-state index in [0.29, 0.717) is 31.2 Å². The fourth-order valence-electron chi connectivity index (χ4n) is 3.14. The number of hydrogen-bond donors (Lipinski definition) is 2. The second-order valence-corrected chi connectivity index (χ2v) is 7.65. The highest BCUT2D eigenvalue weighted by Crippen LogP contribution is 2.11. The van der Waals surface area contributed by atoms with Crippen LogP contribution in [0.2, 0.25) is 0 Å². The van der Waals surface area contributed by atoms with Crippen LogP contribution in [0.5, 0.6) is 0 Å². The number of aromatic nitrogens is 3. The summed E-state index contributed by atoms with van der Waals surface area (Å²) in [5.41, 5.74) is 1.69. The number of hydrogen-bond acceptors (Lipinski definition) is 5. The van der Waals surface area contributed by atoms with Crippen molar-refractivity contribution in [3.8, 4) is 0 Å². The molecular formula is C21H31N7O2. The van der Waals surface area contributed by atoms with Crippen LogP contribution in [0.25, 0.3) is 0 Å². The molecule has 9 nitrogen and oxygen atoms in total. The Morgan fingerprint density at radius 2 is 2.03 bits per heavy atom. The Balaban J connectivity index is 1.64. The van der Waals surface area contributed by atoms with Gasteiger partial charge in [0.05, 0.1) is 19.2 Å². The number of carbonyl (C=O) groups is 1. The van der Waals surface area contributed by atoms with Gasteiger partial charge in [-0.1, -0.05) is 12.1 Å². The Morgan fingerprint density at radius 3 is 2.63 bits per heavy atom. The molecule has 1 fully saturated rings. The smallest absolute Gasteiger partial charge is 0.253 e. The van der Waals surface area contributed by atoms with Crippen LogP contribution in [0.15, 0.2) is 29.3 Å². The number of benzene rings is 1. The molecule has 30 heavy (non-hydrogen) atoms. The summed E-state index contributed by atoms with van der Waals surface area (Å²) in [5.74, 6) is 2.39. The SMILES string of the molecule is Cc1nnc(CNC(=NCc2ccc(C(=O)N(C)C)cc2)NCC2CCCO2)n1C. The Labute approximate surface area is 177 Å². The number of carbonyl (C=O) groups excluding carboxylic acids is 1. The first-order valence-corrected chi connectivity index (χ1v) is 10.2. The highest BCUT2D eigenvalue weighted by molar-refractivity contribution is 5.93. The van der Waals surface area contributed by atoms with Crippen molar-refractivity contribution in [2.24, 2.45) is 12.0 Å². The lowest BCUT2D eigenvalue weighted by Crippen LogP contribution is -2.41. The van der Waals surface area contributed by atoms with Gasteiger partial charge < -0.3 is 24.8 Å². The maximum absolute atomic E-state index is 12.0. The van der Waals surface area contributed by atoms with E-state index in [2.05, 4.69) is 20.8 Å². The zero-order valence-corrected chi connectivity index (χ0v) is 18.2. The monoisotopic (exact) mass is 413 g/mol. The highest BCUT2D eigenvalue weighted by atomic mass is 16.5.